The topological polar surface area (TPSA) is 57.6 Å². The number of anilines is 2. The van der Waals surface area contributed by atoms with Crippen molar-refractivity contribution < 1.29 is 4.79 Å². The molecule has 26 heavy (non-hydrogen) atoms. The Labute approximate surface area is 154 Å². The summed E-state index contributed by atoms with van der Waals surface area (Å²) in [7, 11) is 0. The maximum absolute atomic E-state index is 12.3. The third kappa shape index (κ3) is 4.32. The van der Waals surface area contributed by atoms with Gasteiger partial charge in [-0.2, -0.15) is 0 Å². The Hall–Kier alpha value is -2.60. The van der Waals surface area contributed by atoms with E-state index in [0.29, 0.717) is 0 Å². The van der Waals surface area contributed by atoms with Crippen molar-refractivity contribution in [2.45, 2.75) is 20.4 Å². The van der Waals surface area contributed by atoms with Gasteiger partial charge in [0, 0.05) is 49.8 Å². The van der Waals surface area contributed by atoms with E-state index in [9.17, 15) is 9.59 Å². The number of piperazine rings is 1. The van der Waals surface area contributed by atoms with Gasteiger partial charge in [0.25, 0.3) is 5.56 Å². The van der Waals surface area contributed by atoms with Crippen LogP contribution in [0.2, 0.25) is 0 Å². The molecule has 1 N–H and O–H groups in total. The molecule has 0 saturated carbocycles. The fraction of sp³-hybridized carbons (Fsp3) is 0.400. The quantitative estimate of drug-likeness (QED) is 0.892. The zero-order valence-corrected chi connectivity index (χ0v) is 15.4. The first-order valence-corrected chi connectivity index (χ1v) is 9.10. The summed E-state index contributed by atoms with van der Waals surface area (Å²) in [4.78, 5) is 28.8. The standard InChI is InChI=1S/C20H26N4O2/c1-3-22-10-12-23(13-11-22)17-7-8-18(16(2)14-17)21-19(25)15-24-9-5-4-6-20(24)26/h4-9,14H,3,10-13,15H2,1-2H3,(H,21,25). The Morgan fingerprint density at radius 2 is 1.88 bits per heavy atom. The van der Waals surface area contributed by atoms with E-state index in [2.05, 4.69) is 34.2 Å². The molecule has 1 aromatic carbocycles. The lowest BCUT2D eigenvalue weighted by atomic mass is 10.1. The van der Waals surface area contributed by atoms with Crippen LogP contribution in [0.4, 0.5) is 11.4 Å². The van der Waals surface area contributed by atoms with Gasteiger partial charge >= 0.3 is 0 Å². The summed E-state index contributed by atoms with van der Waals surface area (Å²) < 4.78 is 1.40. The van der Waals surface area contributed by atoms with E-state index in [1.807, 2.05) is 13.0 Å². The molecule has 1 amide bonds. The van der Waals surface area contributed by atoms with Gasteiger partial charge in [0.05, 0.1) is 0 Å². The Kier molecular flexibility index (Phi) is 5.73. The molecule has 1 aromatic heterocycles. The van der Waals surface area contributed by atoms with Gasteiger partial charge in [0.2, 0.25) is 5.91 Å². The number of amides is 1. The highest BCUT2D eigenvalue weighted by atomic mass is 16.2. The molecule has 0 radical (unpaired) electrons. The summed E-state index contributed by atoms with van der Waals surface area (Å²) in [5.74, 6) is -0.203. The molecular formula is C20H26N4O2. The van der Waals surface area contributed by atoms with E-state index in [1.54, 1.807) is 18.3 Å². The molecule has 138 valence electrons. The summed E-state index contributed by atoms with van der Waals surface area (Å²) in [5.41, 5.74) is 2.82. The van der Waals surface area contributed by atoms with Gasteiger partial charge in [0.1, 0.15) is 6.54 Å². The third-order valence-electron chi connectivity index (χ3n) is 4.88. The lowest BCUT2D eigenvalue weighted by Crippen LogP contribution is -2.46. The lowest BCUT2D eigenvalue weighted by molar-refractivity contribution is -0.116. The Morgan fingerprint density at radius 1 is 1.12 bits per heavy atom. The van der Waals surface area contributed by atoms with Gasteiger partial charge in [-0.15, -0.1) is 0 Å². The smallest absolute Gasteiger partial charge is 0.250 e. The van der Waals surface area contributed by atoms with Gasteiger partial charge in [0.15, 0.2) is 0 Å². The number of hydrogen-bond donors (Lipinski definition) is 1. The average Bonchev–Trinajstić information content (AvgIpc) is 2.65. The van der Waals surface area contributed by atoms with Crippen molar-refractivity contribution in [3.8, 4) is 0 Å². The molecule has 0 aliphatic carbocycles. The minimum Gasteiger partial charge on any atom is -0.369 e. The van der Waals surface area contributed by atoms with Crippen LogP contribution < -0.4 is 15.8 Å². The number of carbonyl (C=O) groups excluding carboxylic acids is 1. The Bertz CT molecular complexity index is 823. The fourth-order valence-corrected chi connectivity index (χ4v) is 3.24. The van der Waals surface area contributed by atoms with Gasteiger partial charge in [-0.25, -0.2) is 0 Å². The molecule has 3 rings (SSSR count). The van der Waals surface area contributed by atoms with Crippen LogP contribution in [0.5, 0.6) is 0 Å². The summed E-state index contributed by atoms with van der Waals surface area (Å²) in [6, 6.07) is 11.0. The molecule has 0 bridgehead atoms. The highest BCUT2D eigenvalue weighted by molar-refractivity contribution is 5.91. The lowest BCUT2D eigenvalue weighted by Gasteiger charge is -2.35. The maximum Gasteiger partial charge on any atom is 0.250 e. The van der Waals surface area contributed by atoms with Crippen LogP contribution in [-0.4, -0.2) is 48.1 Å². The Balaban J connectivity index is 1.63. The van der Waals surface area contributed by atoms with Crippen LogP contribution in [0.25, 0.3) is 0 Å². The summed E-state index contributed by atoms with van der Waals surface area (Å²) in [5, 5.41) is 2.91. The van der Waals surface area contributed by atoms with Crippen molar-refractivity contribution in [2.24, 2.45) is 0 Å². The van der Waals surface area contributed by atoms with Crippen LogP contribution in [0.1, 0.15) is 12.5 Å². The molecular weight excluding hydrogens is 328 g/mol. The number of carbonyl (C=O) groups is 1. The SMILES string of the molecule is CCN1CCN(c2ccc(NC(=O)Cn3ccccc3=O)c(C)c2)CC1. The normalized spacial score (nSPS) is 15.1. The minimum absolute atomic E-state index is 0.0137. The fourth-order valence-electron chi connectivity index (χ4n) is 3.24. The molecule has 6 nitrogen and oxygen atoms in total. The summed E-state index contributed by atoms with van der Waals surface area (Å²) >= 11 is 0. The summed E-state index contributed by atoms with van der Waals surface area (Å²) in [6.45, 7) is 9.52. The second-order valence-electron chi connectivity index (χ2n) is 6.64. The molecule has 1 fully saturated rings. The van der Waals surface area contributed by atoms with Gasteiger partial charge in [-0.05, 0) is 43.3 Å². The second-order valence-corrected chi connectivity index (χ2v) is 6.64. The largest absolute Gasteiger partial charge is 0.369 e. The first kappa shape index (κ1) is 18.2. The first-order valence-electron chi connectivity index (χ1n) is 9.10. The molecule has 1 aliphatic rings. The molecule has 1 saturated heterocycles. The maximum atomic E-state index is 12.3. The van der Waals surface area contributed by atoms with Crippen LogP contribution in [0.15, 0.2) is 47.4 Å². The molecule has 1 aliphatic heterocycles. The van der Waals surface area contributed by atoms with Crippen molar-refractivity contribution in [3.63, 3.8) is 0 Å². The van der Waals surface area contributed by atoms with E-state index < -0.39 is 0 Å². The summed E-state index contributed by atoms with van der Waals surface area (Å²) in [6.07, 6.45) is 1.62. The average molecular weight is 354 g/mol. The number of pyridine rings is 1. The third-order valence-corrected chi connectivity index (χ3v) is 4.88. The van der Waals surface area contributed by atoms with Crippen molar-refractivity contribution in [2.75, 3.05) is 42.9 Å². The van der Waals surface area contributed by atoms with E-state index in [1.165, 1.54) is 16.3 Å². The second kappa shape index (κ2) is 8.19. The molecule has 6 heteroatoms. The van der Waals surface area contributed by atoms with Crippen LogP contribution in [0.3, 0.4) is 0 Å². The molecule has 0 unspecified atom stereocenters. The van der Waals surface area contributed by atoms with E-state index in [4.69, 9.17) is 0 Å². The number of aromatic nitrogens is 1. The van der Waals surface area contributed by atoms with Crippen molar-refractivity contribution in [1.82, 2.24) is 9.47 Å². The monoisotopic (exact) mass is 354 g/mol. The van der Waals surface area contributed by atoms with Crippen molar-refractivity contribution >= 4 is 17.3 Å². The predicted octanol–water partition coefficient (Wildman–Crippen LogP) is 1.94. The first-order chi connectivity index (χ1) is 12.6. The van der Waals surface area contributed by atoms with Crippen molar-refractivity contribution in [1.29, 1.82) is 0 Å². The number of rotatable bonds is 5. The number of benzene rings is 1. The van der Waals surface area contributed by atoms with Crippen molar-refractivity contribution in [3.05, 3.63) is 58.5 Å². The van der Waals surface area contributed by atoms with Crippen LogP contribution >= 0.6 is 0 Å². The number of hydrogen-bond acceptors (Lipinski definition) is 4. The van der Waals surface area contributed by atoms with Gasteiger partial charge in [-0.3, -0.25) is 9.59 Å². The highest BCUT2D eigenvalue weighted by Crippen LogP contribution is 2.23. The van der Waals surface area contributed by atoms with Gasteiger partial charge < -0.3 is 19.7 Å². The number of aryl methyl sites for hydroxylation is 1. The zero-order valence-electron chi connectivity index (χ0n) is 15.4. The molecule has 0 atom stereocenters. The van der Waals surface area contributed by atoms with Gasteiger partial charge in [-0.1, -0.05) is 13.0 Å². The molecule has 2 aromatic rings. The number of nitrogens with one attached hydrogen (secondary N) is 1. The number of likely N-dealkylation sites (N-methyl/N-ethyl adjacent to an activating group) is 1. The molecule has 0 spiro atoms. The van der Waals surface area contributed by atoms with E-state index in [0.717, 1.165) is 44.0 Å². The predicted molar refractivity (Wildman–Crippen MR) is 105 cm³/mol. The van der Waals surface area contributed by atoms with E-state index >= 15 is 0 Å². The molecule has 2 heterocycles. The minimum atomic E-state index is -0.203. The number of nitrogens with zero attached hydrogens (tertiary/aromatic N) is 3. The Morgan fingerprint density at radius 3 is 2.54 bits per heavy atom. The van der Waals surface area contributed by atoms with Crippen LogP contribution in [-0.2, 0) is 11.3 Å². The zero-order chi connectivity index (χ0) is 18.5. The van der Waals surface area contributed by atoms with Crippen LogP contribution in [0, 0.1) is 6.92 Å². The van der Waals surface area contributed by atoms with E-state index in [-0.39, 0.29) is 18.0 Å². The highest BCUT2D eigenvalue weighted by Gasteiger charge is 2.16.